The van der Waals surface area contributed by atoms with Crippen LogP contribution in [0, 0.1) is 5.92 Å². The number of carbonyl (C=O) groups is 1. The maximum absolute atomic E-state index is 11.5. The summed E-state index contributed by atoms with van der Waals surface area (Å²) in [4.78, 5) is 13.8. The van der Waals surface area contributed by atoms with E-state index in [4.69, 9.17) is 0 Å². The van der Waals surface area contributed by atoms with E-state index in [-0.39, 0.29) is 6.04 Å². The molecule has 2 nitrogen and oxygen atoms in total. The largest absolute Gasteiger partial charge is 0.298 e. The van der Waals surface area contributed by atoms with Crippen LogP contribution in [-0.2, 0) is 4.79 Å². The van der Waals surface area contributed by atoms with Gasteiger partial charge in [0.1, 0.15) is 0 Å². The molecule has 1 atom stereocenters. The van der Waals surface area contributed by atoms with Crippen molar-refractivity contribution in [3.05, 3.63) is 0 Å². The van der Waals surface area contributed by atoms with Crippen molar-refractivity contribution in [3.63, 3.8) is 0 Å². The molecule has 0 aromatic carbocycles. The predicted octanol–water partition coefficient (Wildman–Crippen LogP) is 1.45. The van der Waals surface area contributed by atoms with Crippen LogP contribution < -0.4 is 0 Å². The van der Waals surface area contributed by atoms with Crippen molar-refractivity contribution in [2.45, 2.75) is 38.1 Å². The molecule has 1 aliphatic heterocycles. The smallest absolute Gasteiger partial charge is 0.151 e. The summed E-state index contributed by atoms with van der Waals surface area (Å²) in [6.07, 6.45) is 6.02. The molecule has 0 aromatic rings. The van der Waals surface area contributed by atoms with Gasteiger partial charge in [-0.15, -0.1) is 0 Å². The lowest BCUT2D eigenvalue weighted by Crippen LogP contribution is -2.35. The molecule has 2 fully saturated rings. The highest BCUT2D eigenvalue weighted by molar-refractivity contribution is 5.86. The minimum Gasteiger partial charge on any atom is -0.298 e. The molecule has 68 valence electrons. The molecule has 0 spiro atoms. The molecular weight excluding hydrogens is 150 g/mol. The molecule has 2 aliphatic rings. The van der Waals surface area contributed by atoms with Crippen LogP contribution in [0.1, 0.15) is 32.1 Å². The van der Waals surface area contributed by atoms with E-state index >= 15 is 0 Å². The van der Waals surface area contributed by atoms with Crippen molar-refractivity contribution in [3.8, 4) is 0 Å². The third kappa shape index (κ3) is 1.28. The zero-order chi connectivity index (χ0) is 8.55. The number of hydrogen-bond acceptors (Lipinski definition) is 2. The Hall–Kier alpha value is -0.370. The molecule has 1 aliphatic carbocycles. The second-order valence-corrected chi connectivity index (χ2v) is 4.19. The molecule has 2 rings (SSSR count). The van der Waals surface area contributed by atoms with E-state index in [1.54, 1.807) is 0 Å². The summed E-state index contributed by atoms with van der Waals surface area (Å²) in [5, 5.41) is 0. The Balaban J connectivity index is 2.04. The van der Waals surface area contributed by atoms with Gasteiger partial charge in [-0.1, -0.05) is 12.8 Å². The van der Waals surface area contributed by atoms with Crippen LogP contribution in [0.25, 0.3) is 0 Å². The number of carbonyl (C=O) groups excluding carboxylic acids is 1. The van der Waals surface area contributed by atoms with Gasteiger partial charge in [-0.05, 0) is 25.8 Å². The summed E-state index contributed by atoms with van der Waals surface area (Å²) in [5.41, 5.74) is 0. The minimum absolute atomic E-state index is 0.285. The highest BCUT2D eigenvalue weighted by atomic mass is 16.1. The highest BCUT2D eigenvalue weighted by Gasteiger charge is 2.37. The van der Waals surface area contributed by atoms with Gasteiger partial charge in [-0.2, -0.15) is 0 Å². The number of Topliss-reactive ketones (excluding diaryl/α,β-unsaturated/α-hetero) is 1. The molecule has 2 heteroatoms. The number of likely N-dealkylation sites (tertiary alicyclic amines) is 1. The van der Waals surface area contributed by atoms with Gasteiger partial charge in [-0.25, -0.2) is 0 Å². The fourth-order valence-electron chi connectivity index (χ4n) is 2.72. The SMILES string of the molecule is CN1CCC(=O)C1C1CCCC1. The zero-order valence-electron chi connectivity index (χ0n) is 7.75. The van der Waals surface area contributed by atoms with Gasteiger partial charge in [0, 0.05) is 13.0 Å². The van der Waals surface area contributed by atoms with Crippen molar-refractivity contribution in [1.29, 1.82) is 0 Å². The molecule has 0 bridgehead atoms. The molecule has 1 heterocycles. The monoisotopic (exact) mass is 167 g/mol. The van der Waals surface area contributed by atoms with E-state index in [2.05, 4.69) is 11.9 Å². The molecule has 1 unspecified atom stereocenters. The van der Waals surface area contributed by atoms with Crippen LogP contribution >= 0.6 is 0 Å². The van der Waals surface area contributed by atoms with Crippen LogP contribution in [0.15, 0.2) is 0 Å². The Morgan fingerprint density at radius 2 is 2.00 bits per heavy atom. The number of likely N-dealkylation sites (N-methyl/N-ethyl adjacent to an activating group) is 1. The molecule has 0 aromatic heterocycles. The average molecular weight is 167 g/mol. The summed E-state index contributed by atoms with van der Waals surface area (Å²) in [6, 6.07) is 0.285. The van der Waals surface area contributed by atoms with Crippen molar-refractivity contribution >= 4 is 5.78 Å². The van der Waals surface area contributed by atoms with E-state index in [1.165, 1.54) is 25.7 Å². The van der Waals surface area contributed by atoms with Gasteiger partial charge in [0.2, 0.25) is 0 Å². The first-order chi connectivity index (χ1) is 5.79. The fraction of sp³-hybridized carbons (Fsp3) is 0.900. The van der Waals surface area contributed by atoms with E-state index in [9.17, 15) is 4.79 Å². The minimum atomic E-state index is 0.285. The third-order valence-corrected chi connectivity index (χ3v) is 3.36. The topological polar surface area (TPSA) is 20.3 Å². The van der Waals surface area contributed by atoms with Crippen molar-refractivity contribution in [2.24, 2.45) is 5.92 Å². The maximum Gasteiger partial charge on any atom is 0.151 e. The third-order valence-electron chi connectivity index (χ3n) is 3.36. The van der Waals surface area contributed by atoms with Crippen LogP contribution in [0.4, 0.5) is 0 Å². The Morgan fingerprint density at radius 3 is 2.50 bits per heavy atom. The number of nitrogens with zero attached hydrogens (tertiary/aromatic N) is 1. The summed E-state index contributed by atoms with van der Waals surface area (Å²) in [7, 11) is 2.09. The summed E-state index contributed by atoms with van der Waals surface area (Å²) < 4.78 is 0. The van der Waals surface area contributed by atoms with Crippen molar-refractivity contribution in [1.82, 2.24) is 4.90 Å². The van der Waals surface area contributed by atoms with Gasteiger partial charge >= 0.3 is 0 Å². The van der Waals surface area contributed by atoms with Gasteiger partial charge in [0.15, 0.2) is 5.78 Å². The van der Waals surface area contributed by atoms with Gasteiger partial charge in [0.05, 0.1) is 6.04 Å². The predicted molar refractivity (Wildman–Crippen MR) is 48.0 cm³/mol. The lowest BCUT2D eigenvalue weighted by Gasteiger charge is -2.23. The average Bonchev–Trinajstić information content (AvgIpc) is 2.61. The van der Waals surface area contributed by atoms with Gasteiger partial charge in [-0.3, -0.25) is 9.69 Å². The molecular formula is C10H17NO. The number of hydrogen-bond donors (Lipinski definition) is 0. The van der Waals surface area contributed by atoms with E-state index in [0.29, 0.717) is 11.7 Å². The van der Waals surface area contributed by atoms with Crippen LogP contribution in [0.2, 0.25) is 0 Å². The van der Waals surface area contributed by atoms with Crippen LogP contribution in [0.5, 0.6) is 0 Å². The zero-order valence-corrected chi connectivity index (χ0v) is 7.75. The normalized spacial score (nSPS) is 33.4. The molecule has 0 amide bonds. The van der Waals surface area contributed by atoms with Crippen LogP contribution in [-0.4, -0.2) is 30.3 Å². The molecule has 1 saturated carbocycles. The fourth-order valence-corrected chi connectivity index (χ4v) is 2.72. The van der Waals surface area contributed by atoms with E-state index in [0.717, 1.165) is 13.0 Å². The van der Waals surface area contributed by atoms with E-state index < -0.39 is 0 Å². The highest BCUT2D eigenvalue weighted by Crippen LogP contribution is 2.32. The van der Waals surface area contributed by atoms with Gasteiger partial charge < -0.3 is 0 Å². The Morgan fingerprint density at radius 1 is 1.33 bits per heavy atom. The Bertz CT molecular complexity index is 184. The standard InChI is InChI=1S/C10H17NO/c1-11-7-6-9(12)10(11)8-4-2-3-5-8/h8,10H,2-7H2,1H3. The first kappa shape index (κ1) is 8.24. The Labute approximate surface area is 73.9 Å². The summed E-state index contributed by atoms with van der Waals surface area (Å²) in [6.45, 7) is 0.986. The lowest BCUT2D eigenvalue weighted by molar-refractivity contribution is -0.121. The molecule has 0 N–H and O–H groups in total. The summed E-state index contributed by atoms with van der Waals surface area (Å²) >= 11 is 0. The first-order valence-electron chi connectivity index (χ1n) is 5.02. The second kappa shape index (κ2) is 3.17. The van der Waals surface area contributed by atoms with Gasteiger partial charge in [0.25, 0.3) is 0 Å². The summed E-state index contributed by atoms with van der Waals surface area (Å²) in [5.74, 6) is 1.18. The first-order valence-corrected chi connectivity index (χ1v) is 5.02. The van der Waals surface area contributed by atoms with E-state index in [1.807, 2.05) is 0 Å². The Kier molecular flexibility index (Phi) is 2.18. The molecule has 12 heavy (non-hydrogen) atoms. The number of rotatable bonds is 1. The molecule has 1 saturated heterocycles. The van der Waals surface area contributed by atoms with Crippen molar-refractivity contribution in [2.75, 3.05) is 13.6 Å². The van der Waals surface area contributed by atoms with Crippen LogP contribution in [0.3, 0.4) is 0 Å². The maximum atomic E-state index is 11.5. The lowest BCUT2D eigenvalue weighted by atomic mass is 9.95. The quantitative estimate of drug-likeness (QED) is 0.589. The van der Waals surface area contributed by atoms with Crippen molar-refractivity contribution < 1.29 is 4.79 Å². The second-order valence-electron chi connectivity index (χ2n) is 4.19. The molecule has 0 radical (unpaired) electrons. The number of ketones is 1.